The van der Waals surface area contributed by atoms with Crippen LogP contribution in [-0.2, 0) is 0 Å². The molecule has 0 amide bonds. The zero-order chi connectivity index (χ0) is 11.4. The van der Waals surface area contributed by atoms with Crippen LogP contribution in [0.5, 0.6) is 0 Å². The number of benzene rings is 1. The van der Waals surface area contributed by atoms with Gasteiger partial charge in [-0.3, -0.25) is 0 Å². The summed E-state index contributed by atoms with van der Waals surface area (Å²) < 4.78 is 4.70. The van der Waals surface area contributed by atoms with Gasteiger partial charge in [-0.15, -0.1) is 0 Å². The van der Waals surface area contributed by atoms with E-state index in [1.807, 2.05) is 24.3 Å². The second-order valence-corrected chi connectivity index (χ2v) is 3.79. The lowest BCUT2D eigenvalue weighted by molar-refractivity contribution is 0.419. The van der Waals surface area contributed by atoms with Gasteiger partial charge in [0.2, 0.25) is 12.2 Å². The maximum atomic E-state index is 4.70. The fraction of sp³-hybridized carbons (Fsp3) is 0.333. The van der Waals surface area contributed by atoms with E-state index in [2.05, 4.69) is 29.3 Å². The highest BCUT2D eigenvalue weighted by molar-refractivity contribution is 5.59. The molecule has 0 aliphatic rings. The summed E-state index contributed by atoms with van der Waals surface area (Å²) >= 11 is 0. The van der Waals surface area contributed by atoms with Crippen LogP contribution in [0.3, 0.4) is 0 Å². The van der Waals surface area contributed by atoms with E-state index < -0.39 is 0 Å². The third-order valence-corrected chi connectivity index (χ3v) is 2.53. The molecule has 1 aromatic carbocycles. The van der Waals surface area contributed by atoms with Crippen molar-refractivity contribution in [2.75, 3.05) is 5.32 Å². The molecule has 1 unspecified atom stereocenters. The van der Waals surface area contributed by atoms with Crippen molar-refractivity contribution in [1.82, 2.24) is 10.1 Å². The Kier molecular flexibility index (Phi) is 3.19. The molecule has 1 heterocycles. The van der Waals surface area contributed by atoms with Crippen LogP contribution in [0.1, 0.15) is 20.3 Å². The largest absolute Gasteiger partial charge is 0.383 e. The zero-order valence-corrected chi connectivity index (χ0v) is 9.47. The molecule has 0 saturated carbocycles. The van der Waals surface area contributed by atoms with E-state index in [9.17, 15) is 0 Å². The molecule has 0 spiro atoms. The van der Waals surface area contributed by atoms with Gasteiger partial charge in [0, 0.05) is 17.3 Å². The lowest BCUT2D eigenvalue weighted by Gasteiger charge is -2.12. The molecule has 1 atom stereocenters. The van der Waals surface area contributed by atoms with Gasteiger partial charge in [0.1, 0.15) is 0 Å². The Hall–Kier alpha value is -1.84. The van der Waals surface area contributed by atoms with E-state index in [1.165, 1.54) is 6.39 Å². The van der Waals surface area contributed by atoms with Gasteiger partial charge in [-0.1, -0.05) is 12.1 Å². The van der Waals surface area contributed by atoms with E-state index in [1.54, 1.807) is 0 Å². The summed E-state index contributed by atoms with van der Waals surface area (Å²) in [5.41, 5.74) is 2.07. The Bertz CT molecular complexity index is 422. The van der Waals surface area contributed by atoms with Gasteiger partial charge in [-0.25, -0.2) is 0 Å². The molecule has 84 valence electrons. The normalized spacial score (nSPS) is 12.4. The van der Waals surface area contributed by atoms with Crippen LogP contribution < -0.4 is 5.32 Å². The van der Waals surface area contributed by atoms with Crippen LogP contribution in [0.4, 0.5) is 5.69 Å². The summed E-state index contributed by atoms with van der Waals surface area (Å²) in [5, 5.41) is 7.19. The Labute approximate surface area is 94.7 Å². The SMILES string of the molecule is CCC(C)Nc1ccc(-c2ncon2)cc1. The molecular weight excluding hydrogens is 202 g/mol. The molecule has 1 aromatic heterocycles. The predicted octanol–water partition coefficient (Wildman–Crippen LogP) is 2.95. The van der Waals surface area contributed by atoms with Crippen molar-refractivity contribution in [3.8, 4) is 11.4 Å². The number of anilines is 1. The van der Waals surface area contributed by atoms with E-state index >= 15 is 0 Å². The molecule has 2 rings (SSSR count). The first-order chi connectivity index (χ1) is 7.79. The number of rotatable bonds is 4. The summed E-state index contributed by atoms with van der Waals surface area (Å²) in [4.78, 5) is 4.00. The molecule has 0 saturated heterocycles. The number of nitrogens with zero attached hydrogens (tertiary/aromatic N) is 2. The summed E-state index contributed by atoms with van der Waals surface area (Å²) in [6, 6.07) is 8.50. The molecule has 2 aromatic rings. The maximum absolute atomic E-state index is 4.70. The molecule has 1 N–H and O–H groups in total. The Morgan fingerprint density at radius 3 is 2.62 bits per heavy atom. The summed E-state index contributed by atoms with van der Waals surface area (Å²) in [5.74, 6) is 0.620. The lowest BCUT2D eigenvalue weighted by Crippen LogP contribution is -2.12. The Morgan fingerprint density at radius 1 is 1.31 bits per heavy atom. The third kappa shape index (κ3) is 2.39. The predicted molar refractivity (Wildman–Crippen MR) is 63.1 cm³/mol. The summed E-state index contributed by atoms with van der Waals surface area (Å²) in [6.07, 6.45) is 2.44. The van der Waals surface area contributed by atoms with Gasteiger partial charge >= 0.3 is 0 Å². The molecule has 4 heteroatoms. The zero-order valence-electron chi connectivity index (χ0n) is 9.47. The minimum atomic E-state index is 0.482. The van der Waals surface area contributed by atoms with E-state index in [4.69, 9.17) is 4.52 Å². The van der Waals surface area contributed by atoms with Crippen LogP contribution >= 0.6 is 0 Å². The molecule has 4 nitrogen and oxygen atoms in total. The average molecular weight is 217 g/mol. The Balaban J connectivity index is 2.11. The second kappa shape index (κ2) is 4.79. The Morgan fingerprint density at radius 2 is 2.06 bits per heavy atom. The van der Waals surface area contributed by atoms with E-state index in [0.29, 0.717) is 11.9 Å². The molecule has 0 bridgehead atoms. The van der Waals surface area contributed by atoms with Gasteiger partial charge in [0.15, 0.2) is 0 Å². The molecular formula is C12H15N3O. The van der Waals surface area contributed by atoms with Crippen molar-refractivity contribution in [3.63, 3.8) is 0 Å². The van der Waals surface area contributed by atoms with Crippen LogP contribution in [0, 0.1) is 0 Å². The third-order valence-electron chi connectivity index (χ3n) is 2.53. The van der Waals surface area contributed by atoms with Gasteiger partial charge in [0.25, 0.3) is 0 Å². The van der Waals surface area contributed by atoms with Crippen molar-refractivity contribution >= 4 is 5.69 Å². The van der Waals surface area contributed by atoms with Crippen molar-refractivity contribution in [2.45, 2.75) is 26.3 Å². The highest BCUT2D eigenvalue weighted by Crippen LogP contribution is 2.18. The van der Waals surface area contributed by atoms with Crippen LogP contribution in [0.15, 0.2) is 35.2 Å². The van der Waals surface area contributed by atoms with Crippen molar-refractivity contribution in [2.24, 2.45) is 0 Å². The highest BCUT2D eigenvalue weighted by Gasteiger charge is 2.03. The minimum Gasteiger partial charge on any atom is -0.383 e. The highest BCUT2D eigenvalue weighted by atomic mass is 16.5. The number of aromatic nitrogens is 2. The maximum Gasteiger partial charge on any atom is 0.214 e. The fourth-order valence-corrected chi connectivity index (χ4v) is 1.40. The van der Waals surface area contributed by atoms with Gasteiger partial charge in [0.05, 0.1) is 0 Å². The summed E-state index contributed by atoms with van der Waals surface area (Å²) in [6.45, 7) is 4.32. The smallest absolute Gasteiger partial charge is 0.214 e. The monoisotopic (exact) mass is 217 g/mol. The fourth-order valence-electron chi connectivity index (χ4n) is 1.40. The minimum absolute atomic E-state index is 0.482. The topological polar surface area (TPSA) is 51.0 Å². The molecule has 0 fully saturated rings. The van der Waals surface area contributed by atoms with Crippen molar-refractivity contribution in [3.05, 3.63) is 30.7 Å². The molecule has 0 aliphatic heterocycles. The number of hydrogen-bond donors (Lipinski definition) is 1. The average Bonchev–Trinajstić information content (AvgIpc) is 2.83. The molecule has 0 aliphatic carbocycles. The number of hydrogen-bond acceptors (Lipinski definition) is 4. The van der Waals surface area contributed by atoms with Crippen molar-refractivity contribution in [1.29, 1.82) is 0 Å². The molecule has 16 heavy (non-hydrogen) atoms. The first-order valence-electron chi connectivity index (χ1n) is 5.43. The van der Waals surface area contributed by atoms with Crippen LogP contribution in [0.2, 0.25) is 0 Å². The van der Waals surface area contributed by atoms with Gasteiger partial charge in [-0.2, -0.15) is 4.98 Å². The first kappa shape index (κ1) is 10.7. The second-order valence-electron chi connectivity index (χ2n) is 3.79. The van der Waals surface area contributed by atoms with Gasteiger partial charge in [-0.05, 0) is 37.6 Å². The van der Waals surface area contributed by atoms with Gasteiger partial charge < -0.3 is 9.84 Å². The summed E-state index contributed by atoms with van der Waals surface area (Å²) in [7, 11) is 0. The lowest BCUT2D eigenvalue weighted by atomic mass is 10.2. The quantitative estimate of drug-likeness (QED) is 0.855. The van der Waals surface area contributed by atoms with E-state index in [0.717, 1.165) is 17.7 Å². The standard InChI is InChI=1S/C12H15N3O/c1-3-9(2)14-11-6-4-10(5-7-11)12-13-8-16-15-12/h4-9,14H,3H2,1-2H3. The van der Waals surface area contributed by atoms with Crippen molar-refractivity contribution < 1.29 is 4.52 Å². The van der Waals surface area contributed by atoms with E-state index in [-0.39, 0.29) is 0 Å². The first-order valence-corrected chi connectivity index (χ1v) is 5.43. The van der Waals surface area contributed by atoms with Crippen LogP contribution in [-0.4, -0.2) is 16.2 Å². The molecule has 0 radical (unpaired) electrons. The van der Waals surface area contributed by atoms with Crippen LogP contribution in [0.25, 0.3) is 11.4 Å². The number of nitrogens with one attached hydrogen (secondary N) is 1.